The summed E-state index contributed by atoms with van der Waals surface area (Å²) in [5, 5.41) is 3.62. The number of hydrogen-bond donors (Lipinski definition) is 1. The molecule has 7 nitrogen and oxygen atoms in total. The highest BCUT2D eigenvalue weighted by atomic mass is 35.5. The first-order chi connectivity index (χ1) is 17.5. The van der Waals surface area contributed by atoms with Gasteiger partial charge in [0.1, 0.15) is 6.04 Å². The number of hydrogen-bond acceptors (Lipinski definition) is 4. The lowest BCUT2D eigenvalue weighted by Gasteiger charge is -2.30. The highest BCUT2D eigenvalue weighted by molar-refractivity contribution is 7.92. The first-order valence-electron chi connectivity index (χ1n) is 12.9. The molecular formula is C28H38ClN3O4S. The first-order valence-corrected chi connectivity index (χ1v) is 15.1. The zero-order valence-electron chi connectivity index (χ0n) is 22.2. The maximum atomic E-state index is 13.5. The van der Waals surface area contributed by atoms with Crippen LogP contribution in [0.5, 0.6) is 0 Å². The Bertz CT molecular complexity index is 1210. The molecule has 1 N–H and O–H groups in total. The number of nitrogens with one attached hydrogen (secondary N) is 1. The highest BCUT2D eigenvalue weighted by Crippen LogP contribution is 2.25. The van der Waals surface area contributed by atoms with Gasteiger partial charge in [-0.15, -0.1) is 0 Å². The monoisotopic (exact) mass is 547 g/mol. The molecule has 2 aromatic rings. The fourth-order valence-electron chi connectivity index (χ4n) is 4.76. The van der Waals surface area contributed by atoms with Crippen molar-refractivity contribution in [3.05, 3.63) is 64.2 Å². The number of halogens is 1. The number of rotatable bonds is 11. The van der Waals surface area contributed by atoms with Crippen molar-refractivity contribution in [3.8, 4) is 0 Å². The van der Waals surface area contributed by atoms with Crippen LogP contribution < -0.4 is 9.62 Å². The van der Waals surface area contributed by atoms with E-state index < -0.39 is 16.1 Å². The SMILES string of the molecule is Cc1ccc(C)c(N(CCCC(=O)N(Cc2ccccc2Cl)C(C)C(=O)NC2CCCC2)S(C)(=O)=O)c1. The van der Waals surface area contributed by atoms with E-state index in [0.29, 0.717) is 17.1 Å². The molecular weight excluding hydrogens is 510 g/mol. The van der Waals surface area contributed by atoms with E-state index in [2.05, 4.69) is 5.32 Å². The second-order valence-electron chi connectivity index (χ2n) is 10.0. The summed E-state index contributed by atoms with van der Waals surface area (Å²) in [6.45, 7) is 5.88. The minimum absolute atomic E-state index is 0.0996. The van der Waals surface area contributed by atoms with Crippen LogP contribution in [0.25, 0.3) is 0 Å². The van der Waals surface area contributed by atoms with Crippen LogP contribution in [0, 0.1) is 13.8 Å². The second kappa shape index (κ2) is 12.8. The number of carbonyl (C=O) groups excluding carboxylic acids is 2. The van der Waals surface area contributed by atoms with Crippen LogP contribution in [-0.4, -0.2) is 50.0 Å². The smallest absolute Gasteiger partial charge is 0.242 e. The van der Waals surface area contributed by atoms with E-state index >= 15 is 0 Å². The average Bonchev–Trinajstić information content (AvgIpc) is 3.34. The van der Waals surface area contributed by atoms with Crippen molar-refractivity contribution in [2.75, 3.05) is 17.1 Å². The topological polar surface area (TPSA) is 86.8 Å². The lowest BCUT2D eigenvalue weighted by Crippen LogP contribution is -2.49. The van der Waals surface area contributed by atoms with Crippen LogP contribution >= 0.6 is 11.6 Å². The molecule has 0 heterocycles. The molecule has 1 aliphatic carbocycles. The Hall–Kier alpha value is -2.58. The van der Waals surface area contributed by atoms with Crippen molar-refractivity contribution < 1.29 is 18.0 Å². The minimum Gasteiger partial charge on any atom is -0.352 e. The standard InChI is InChI=1S/C28H38ClN3O4S/c1-20-15-16-21(2)26(18-20)32(37(4,35)36)17-9-14-27(33)31(19-23-10-5-8-13-25(23)29)22(3)28(34)30-24-11-6-7-12-24/h5,8,10,13,15-16,18,22,24H,6-7,9,11-12,14,17,19H2,1-4H3,(H,30,34). The summed E-state index contributed by atoms with van der Waals surface area (Å²) >= 11 is 6.37. The van der Waals surface area contributed by atoms with Crippen LogP contribution in [0.3, 0.4) is 0 Å². The Morgan fingerprint density at radius 1 is 1.11 bits per heavy atom. The van der Waals surface area contributed by atoms with Gasteiger partial charge in [-0.2, -0.15) is 0 Å². The van der Waals surface area contributed by atoms with Crippen LogP contribution in [0.15, 0.2) is 42.5 Å². The highest BCUT2D eigenvalue weighted by Gasteiger charge is 2.29. The van der Waals surface area contributed by atoms with Gasteiger partial charge in [0.05, 0.1) is 11.9 Å². The van der Waals surface area contributed by atoms with Crippen molar-refractivity contribution in [2.24, 2.45) is 0 Å². The van der Waals surface area contributed by atoms with Crippen molar-refractivity contribution in [1.29, 1.82) is 0 Å². The molecule has 2 aromatic carbocycles. The van der Waals surface area contributed by atoms with Gasteiger partial charge in [0.25, 0.3) is 0 Å². The number of benzene rings is 2. The molecule has 0 aliphatic heterocycles. The zero-order valence-corrected chi connectivity index (χ0v) is 23.7. The quantitative estimate of drug-likeness (QED) is 0.430. The summed E-state index contributed by atoms with van der Waals surface area (Å²) in [4.78, 5) is 28.1. The lowest BCUT2D eigenvalue weighted by molar-refractivity contribution is -0.140. The number of amides is 2. The van der Waals surface area contributed by atoms with Gasteiger partial charge in [-0.05, 0) is 68.9 Å². The van der Waals surface area contributed by atoms with Gasteiger partial charge in [-0.3, -0.25) is 13.9 Å². The Balaban J connectivity index is 1.75. The number of nitrogens with zero attached hydrogens (tertiary/aromatic N) is 2. The fourth-order valence-corrected chi connectivity index (χ4v) is 5.97. The maximum Gasteiger partial charge on any atom is 0.242 e. The third-order valence-corrected chi connectivity index (χ3v) is 8.50. The number of carbonyl (C=O) groups is 2. The van der Waals surface area contributed by atoms with Gasteiger partial charge >= 0.3 is 0 Å². The molecule has 0 saturated heterocycles. The van der Waals surface area contributed by atoms with Gasteiger partial charge in [-0.1, -0.05) is 54.8 Å². The van der Waals surface area contributed by atoms with Crippen LogP contribution in [0.4, 0.5) is 5.69 Å². The Labute approximate surface area is 226 Å². The number of sulfonamides is 1. The van der Waals surface area contributed by atoms with Crippen molar-refractivity contribution in [1.82, 2.24) is 10.2 Å². The van der Waals surface area contributed by atoms with Gasteiger partial charge in [0.2, 0.25) is 21.8 Å². The van der Waals surface area contributed by atoms with E-state index in [-0.39, 0.29) is 37.4 Å². The summed E-state index contributed by atoms with van der Waals surface area (Å²) < 4.78 is 26.6. The Morgan fingerprint density at radius 2 is 1.78 bits per heavy atom. The predicted octanol–water partition coefficient (Wildman–Crippen LogP) is 4.98. The van der Waals surface area contributed by atoms with Crippen molar-refractivity contribution in [3.63, 3.8) is 0 Å². The molecule has 1 aliphatic rings. The van der Waals surface area contributed by atoms with Gasteiger partial charge in [0, 0.05) is 30.6 Å². The minimum atomic E-state index is -3.55. The largest absolute Gasteiger partial charge is 0.352 e. The molecule has 1 fully saturated rings. The van der Waals surface area contributed by atoms with Crippen LogP contribution in [-0.2, 0) is 26.2 Å². The molecule has 0 spiro atoms. The van der Waals surface area contributed by atoms with Crippen LogP contribution in [0.2, 0.25) is 5.02 Å². The first kappa shape index (κ1) is 29.0. The summed E-state index contributed by atoms with van der Waals surface area (Å²) in [6, 6.07) is 12.4. The van der Waals surface area contributed by atoms with Crippen LogP contribution in [0.1, 0.15) is 62.1 Å². The molecule has 0 bridgehead atoms. The number of anilines is 1. The van der Waals surface area contributed by atoms with E-state index in [1.54, 1.807) is 17.9 Å². The summed E-state index contributed by atoms with van der Waals surface area (Å²) in [5.41, 5.74) is 3.18. The van der Waals surface area contributed by atoms with Crippen molar-refractivity contribution >= 4 is 39.1 Å². The second-order valence-corrected chi connectivity index (χ2v) is 12.3. The molecule has 1 unspecified atom stereocenters. The third-order valence-electron chi connectivity index (χ3n) is 6.95. The fraction of sp³-hybridized carbons (Fsp3) is 0.500. The molecule has 1 saturated carbocycles. The zero-order chi connectivity index (χ0) is 27.2. The third kappa shape index (κ3) is 7.95. The number of aryl methyl sites for hydroxylation is 2. The van der Waals surface area contributed by atoms with E-state index in [9.17, 15) is 18.0 Å². The van der Waals surface area contributed by atoms with E-state index in [1.165, 1.54) is 10.6 Å². The molecule has 9 heteroatoms. The average molecular weight is 548 g/mol. The van der Waals surface area contributed by atoms with E-state index in [0.717, 1.165) is 42.4 Å². The summed E-state index contributed by atoms with van der Waals surface area (Å²) in [6.07, 6.45) is 5.69. The summed E-state index contributed by atoms with van der Waals surface area (Å²) in [5.74, 6) is -0.399. The Morgan fingerprint density at radius 3 is 2.43 bits per heavy atom. The predicted molar refractivity (Wildman–Crippen MR) is 149 cm³/mol. The van der Waals surface area contributed by atoms with Gasteiger partial charge < -0.3 is 10.2 Å². The molecule has 3 rings (SSSR count). The Kier molecular flexibility index (Phi) is 10.0. The summed E-state index contributed by atoms with van der Waals surface area (Å²) in [7, 11) is -3.55. The van der Waals surface area contributed by atoms with E-state index in [1.807, 2.05) is 50.2 Å². The molecule has 2 amide bonds. The normalized spacial score (nSPS) is 14.8. The lowest BCUT2D eigenvalue weighted by atomic mass is 10.1. The molecule has 0 radical (unpaired) electrons. The van der Waals surface area contributed by atoms with E-state index in [4.69, 9.17) is 11.6 Å². The molecule has 1 atom stereocenters. The molecule has 37 heavy (non-hydrogen) atoms. The van der Waals surface area contributed by atoms with Gasteiger partial charge in [0.15, 0.2) is 0 Å². The molecule has 202 valence electrons. The van der Waals surface area contributed by atoms with Crippen molar-refractivity contribution in [2.45, 2.75) is 77.9 Å². The van der Waals surface area contributed by atoms with Gasteiger partial charge in [-0.25, -0.2) is 8.42 Å². The maximum absolute atomic E-state index is 13.5. The molecule has 0 aromatic heterocycles.